The predicted molar refractivity (Wildman–Crippen MR) is 98.1 cm³/mol. The lowest BCUT2D eigenvalue weighted by molar-refractivity contribution is -0.122. The van der Waals surface area contributed by atoms with E-state index in [0.717, 1.165) is 23.4 Å². The summed E-state index contributed by atoms with van der Waals surface area (Å²) in [6.07, 6.45) is 1.32. The van der Waals surface area contributed by atoms with Crippen molar-refractivity contribution >= 4 is 34.0 Å². The van der Waals surface area contributed by atoms with Crippen molar-refractivity contribution in [2.75, 3.05) is 5.32 Å². The summed E-state index contributed by atoms with van der Waals surface area (Å²) in [4.78, 5) is 12.3. The molecule has 1 heterocycles. The number of hydrogen-bond acceptors (Lipinski definition) is 5. The molecule has 1 unspecified atom stereocenters. The van der Waals surface area contributed by atoms with Crippen LogP contribution in [0.4, 0.5) is 5.13 Å². The van der Waals surface area contributed by atoms with Crippen molar-refractivity contribution in [2.45, 2.75) is 52.6 Å². The van der Waals surface area contributed by atoms with Crippen LogP contribution >= 0.6 is 22.9 Å². The highest BCUT2D eigenvalue weighted by Crippen LogP contribution is 2.29. The average molecular weight is 368 g/mol. The third-order valence-electron chi connectivity index (χ3n) is 3.77. The van der Waals surface area contributed by atoms with Gasteiger partial charge in [0.25, 0.3) is 5.91 Å². The third kappa shape index (κ3) is 4.68. The summed E-state index contributed by atoms with van der Waals surface area (Å²) in [5.41, 5.74) is 1.01. The first-order valence-corrected chi connectivity index (χ1v) is 9.21. The summed E-state index contributed by atoms with van der Waals surface area (Å²) in [6.45, 7) is 7.86. The zero-order valence-corrected chi connectivity index (χ0v) is 15.9. The van der Waals surface area contributed by atoms with Crippen LogP contribution in [0.5, 0.6) is 5.75 Å². The van der Waals surface area contributed by atoms with Gasteiger partial charge in [0, 0.05) is 5.92 Å². The van der Waals surface area contributed by atoms with E-state index in [4.69, 9.17) is 16.3 Å². The molecule has 0 saturated heterocycles. The van der Waals surface area contributed by atoms with Crippen LogP contribution in [0.3, 0.4) is 0 Å². The van der Waals surface area contributed by atoms with Crippen molar-refractivity contribution in [3.8, 4) is 5.75 Å². The van der Waals surface area contributed by atoms with Crippen LogP contribution in [0.1, 0.15) is 50.1 Å². The molecule has 0 aliphatic rings. The molecule has 0 aliphatic carbocycles. The summed E-state index contributed by atoms with van der Waals surface area (Å²) >= 11 is 7.51. The van der Waals surface area contributed by atoms with Crippen molar-refractivity contribution in [2.24, 2.45) is 0 Å². The molecule has 1 atom stereocenters. The highest BCUT2D eigenvalue weighted by Gasteiger charge is 2.19. The molecule has 130 valence electrons. The van der Waals surface area contributed by atoms with Gasteiger partial charge in [0.1, 0.15) is 10.8 Å². The topological polar surface area (TPSA) is 64.1 Å². The van der Waals surface area contributed by atoms with Crippen LogP contribution in [0.25, 0.3) is 0 Å². The molecule has 0 fully saturated rings. The van der Waals surface area contributed by atoms with Gasteiger partial charge in [-0.3, -0.25) is 10.1 Å². The van der Waals surface area contributed by atoms with Crippen molar-refractivity contribution in [1.82, 2.24) is 10.2 Å². The van der Waals surface area contributed by atoms with E-state index in [1.165, 1.54) is 11.3 Å². The fourth-order valence-electron chi connectivity index (χ4n) is 2.24. The number of rotatable bonds is 7. The highest BCUT2D eigenvalue weighted by atomic mass is 35.5. The fraction of sp³-hybridized carbons (Fsp3) is 0.471. The molecule has 24 heavy (non-hydrogen) atoms. The first-order chi connectivity index (χ1) is 11.4. The normalized spacial score (nSPS) is 12.2. The van der Waals surface area contributed by atoms with E-state index in [0.29, 0.717) is 21.8 Å². The maximum Gasteiger partial charge on any atom is 0.266 e. The van der Waals surface area contributed by atoms with Crippen molar-refractivity contribution in [1.29, 1.82) is 0 Å². The SMILES string of the molecule is CCC(CC)c1nnc(NC(=O)C(C)Oc2cc(C)ccc2Cl)s1. The standard InChI is InChI=1S/C17H22ClN3O2S/c1-5-12(6-2)16-20-21-17(24-16)19-15(22)11(4)23-14-9-10(3)7-8-13(14)18/h7-9,11-12H,5-6H2,1-4H3,(H,19,21,22). The molecule has 2 aromatic rings. The number of amides is 1. The van der Waals surface area contributed by atoms with E-state index < -0.39 is 6.10 Å². The van der Waals surface area contributed by atoms with Crippen LogP contribution in [-0.2, 0) is 4.79 Å². The smallest absolute Gasteiger partial charge is 0.266 e. The van der Waals surface area contributed by atoms with E-state index in [-0.39, 0.29) is 5.91 Å². The predicted octanol–water partition coefficient (Wildman–Crippen LogP) is 4.81. The molecule has 1 aromatic carbocycles. The molecule has 2 rings (SSSR count). The van der Waals surface area contributed by atoms with Crippen LogP contribution < -0.4 is 10.1 Å². The summed E-state index contributed by atoms with van der Waals surface area (Å²) in [5, 5.41) is 12.9. The Morgan fingerprint density at radius 2 is 2.04 bits per heavy atom. The number of aromatic nitrogens is 2. The molecule has 0 bridgehead atoms. The molecule has 0 aliphatic heterocycles. The zero-order valence-electron chi connectivity index (χ0n) is 14.3. The Kier molecular flexibility index (Phi) is 6.57. The fourth-order valence-corrected chi connectivity index (χ4v) is 3.41. The number of carbonyl (C=O) groups is 1. The second-order valence-corrected chi connectivity index (χ2v) is 7.06. The maximum absolute atomic E-state index is 12.3. The number of hydrogen-bond donors (Lipinski definition) is 1. The first kappa shape index (κ1) is 18.7. The van der Waals surface area contributed by atoms with E-state index >= 15 is 0 Å². The van der Waals surface area contributed by atoms with Gasteiger partial charge >= 0.3 is 0 Å². The Bertz CT molecular complexity index is 701. The Labute approximate surface area is 151 Å². The van der Waals surface area contributed by atoms with Gasteiger partial charge in [-0.05, 0) is 44.4 Å². The number of carbonyl (C=O) groups excluding carboxylic acids is 1. The molecule has 7 heteroatoms. The Balaban J connectivity index is 2.00. The van der Waals surface area contributed by atoms with Gasteiger partial charge in [-0.1, -0.05) is 42.9 Å². The number of ether oxygens (including phenoxy) is 1. The summed E-state index contributed by atoms with van der Waals surface area (Å²) in [6, 6.07) is 5.45. The summed E-state index contributed by atoms with van der Waals surface area (Å²) < 4.78 is 5.67. The quantitative estimate of drug-likeness (QED) is 0.762. The minimum absolute atomic E-state index is 0.278. The molecule has 5 nitrogen and oxygen atoms in total. The van der Waals surface area contributed by atoms with Crippen molar-refractivity contribution in [3.63, 3.8) is 0 Å². The van der Waals surface area contributed by atoms with Crippen LogP contribution in [0.2, 0.25) is 5.02 Å². The van der Waals surface area contributed by atoms with E-state index in [2.05, 4.69) is 29.4 Å². The van der Waals surface area contributed by atoms with Gasteiger partial charge in [-0.25, -0.2) is 0 Å². The van der Waals surface area contributed by atoms with Crippen LogP contribution in [-0.4, -0.2) is 22.2 Å². The lowest BCUT2D eigenvalue weighted by atomic mass is 10.1. The van der Waals surface area contributed by atoms with Gasteiger partial charge in [-0.15, -0.1) is 10.2 Å². The Morgan fingerprint density at radius 1 is 1.33 bits per heavy atom. The van der Waals surface area contributed by atoms with Gasteiger partial charge < -0.3 is 4.74 Å². The van der Waals surface area contributed by atoms with E-state index in [1.807, 2.05) is 19.1 Å². The van der Waals surface area contributed by atoms with Gasteiger partial charge in [0.2, 0.25) is 5.13 Å². The number of benzene rings is 1. The molecule has 0 spiro atoms. The molecule has 1 amide bonds. The molecular formula is C17H22ClN3O2S. The van der Waals surface area contributed by atoms with Crippen LogP contribution in [0, 0.1) is 6.92 Å². The lowest BCUT2D eigenvalue weighted by Crippen LogP contribution is -2.30. The lowest BCUT2D eigenvalue weighted by Gasteiger charge is -2.15. The van der Waals surface area contributed by atoms with Gasteiger partial charge in [0.05, 0.1) is 5.02 Å². The minimum atomic E-state index is -0.690. The number of nitrogens with one attached hydrogen (secondary N) is 1. The van der Waals surface area contributed by atoms with E-state index in [1.54, 1.807) is 13.0 Å². The second-order valence-electron chi connectivity index (χ2n) is 5.64. The summed E-state index contributed by atoms with van der Waals surface area (Å²) in [5.74, 6) is 0.599. The monoisotopic (exact) mass is 367 g/mol. The Hall–Kier alpha value is -1.66. The number of anilines is 1. The van der Waals surface area contributed by atoms with Gasteiger partial charge in [-0.2, -0.15) is 0 Å². The third-order valence-corrected chi connectivity index (χ3v) is 5.08. The van der Waals surface area contributed by atoms with E-state index in [9.17, 15) is 4.79 Å². The molecule has 1 N–H and O–H groups in total. The average Bonchev–Trinajstić information content (AvgIpc) is 3.00. The molecule has 0 radical (unpaired) electrons. The minimum Gasteiger partial charge on any atom is -0.479 e. The molecule has 0 saturated carbocycles. The largest absolute Gasteiger partial charge is 0.479 e. The summed E-state index contributed by atoms with van der Waals surface area (Å²) in [7, 11) is 0. The number of halogens is 1. The van der Waals surface area contributed by atoms with Crippen molar-refractivity contribution < 1.29 is 9.53 Å². The number of aryl methyl sites for hydroxylation is 1. The van der Waals surface area contributed by atoms with Gasteiger partial charge in [0.15, 0.2) is 6.10 Å². The number of nitrogens with zero attached hydrogens (tertiary/aromatic N) is 2. The van der Waals surface area contributed by atoms with Crippen molar-refractivity contribution in [3.05, 3.63) is 33.8 Å². The molecular weight excluding hydrogens is 346 g/mol. The van der Waals surface area contributed by atoms with Crippen LogP contribution in [0.15, 0.2) is 18.2 Å². The zero-order chi connectivity index (χ0) is 17.7. The first-order valence-electron chi connectivity index (χ1n) is 8.01. The maximum atomic E-state index is 12.3. The highest BCUT2D eigenvalue weighted by molar-refractivity contribution is 7.15. The second kappa shape index (κ2) is 8.44. The Morgan fingerprint density at radius 3 is 2.71 bits per heavy atom. The molecule has 1 aromatic heterocycles.